The van der Waals surface area contributed by atoms with Crippen LogP contribution in [0.4, 0.5) is 0 Å². The smallest absolute Gasteiger partial charge is 0.115 e. The van der Waals surface area contributed by atoms with Crippen LogP contribution >= 0.6 is 0 Å². The second-order valence-corrected chi connectivity index (χ2v) is 4.93. The fourth-order valence-electron chi connectivity index (χ4n) is 2.31. The van der Waals surface area contributed by atoms with E-state index in [4.69, 9.17) is 0 Å². The SMILES string of the molecule is Cc1ccc(-c2cncnc2)cc1Cc1ccccc1. The van der Waals surface area contributed by atoms with Crippen molar-refractivity contribution < 1.29 is 0 Å². The molecular weight excluding hydrogens is 244 g/mol. The maximum absolute atomic E-state index is 4.09. The van der Waals surface area contributed by atoms with E-state index in [1.54, 1.807) is 6.33 Å². The van der Waals surface area contributed by atoms with E-state index in [0.29, 0.717) is 0 Å². The normalized spacial score (nSPS) is 10.4. The summed E-state index contributed by atoms with van der Waals surface area (Å²) >= 11 is 0. The molecule has 0 radical (unpaired) electrons. The monoisotopic (exact) mass is 260 g/mol. The van der Waals surface area contributed by atoms with Crippen LogP contribution in [0.1, 0.15) is 16.7 Å². The summed E-state index contributed by atoms with van der Waals surface area (Å²) in [5.41, 5.74) is 6.22. The van der Waals surface area contributed by atoms with Gasteiger partial charge in [-0.3, -0.25) is 0 Å². The molecule has 3 rings (SSSR count). The van der Waals surface area contributed by atoms with Crippen LogP contribution in [-0.4, -0.2) is 9.97 Å². The molecular formula is C18H16N2. The van der Waals surface area contributed by atoms with Gasteiger partial charge in [-0.15, -0.1) is 0 Å². The molecule has 0 bridgehead atoms. The van der Waals surface area contributed by atoms with Crippen molar-refractivity contribution in [1.82, 2.24) is 9.97 Å². The Bertz CT molecular complexity index is 691. The van der Waals surface area contributed by atoms with E-state index in [0.717, 1.165) is 12.0 Å². The molecule has 0 aliphatic heterocycles. The molecule has 0 aliphatic carbocycles. The van der Waals surface area contributed by atoms with Gasteiger partial charge in [-0.25, -0.2) is 9.97 Å². The molecule has 0 aliphatic rings. The second kappa shape index (κ2) is 5.66. The molecule has 2 aromatic carbocycles. The van der Waals surface area contributed by atoms with Crippen LogP contribution in [-0.2, 0) is 6.42 Å². The largest absolute Gasteiger partial charge is 0.244 e. The summed E-state index contributed by atoms with van der Waals surface area (Å²) < 4.78 is 0. The van der Waals surface area contributed by atoms with Gasteiger partial charge in [0.2, 0.25) is 0 Å². The molecule has 2 nitrogen and oxygen atoms in total. The Kier molecular flexibility index (Phi) is 3.55. The topological polar surface area (TPSA) is 25.8 Å². The average Bonchev–Trinajstić information content (AvgIpc) is 2.51. The number of rotatable bonds is 3. The lowest BCUT2D eigenvalue weighted by atomic mass is 9.96. The van der Waals surface area contributed by atoms with Gasteiger partial charge in [0.15, 0.2) is 0 Å². The van der Waals surface area contributed by atoms with E-state index in [1.807, 2.05) is 18.5 Å². The molecule has 0 amide bonds. The quantitative estimate of drug-likeness (QED) is 0.710. The summed E-state index contributed by atoms with van der Waals surface area (Å²) in [6.45, 7) is 2.16. The summed E-state index contributed by atoms with van der Waals surface area (Å²) in [5.74, 6) is 0. The molecule has 3 aromatic rings. The van der Waals surface area contributed by atoms with Crippen LogP contribution in [0.3, 0.4) is 0 Å². The number of benzene rings is 2. The third kappa shape index (κ3) is 2.75. The van der Waals surface area contributed by atoms with Gasteiger partial charge < -0.3 is 0 Å². The zero-order chi connectivity index (χ0) is 13.8. The van der Waals surface area contributed by atoms with E-state index in [-0.39, 0.29) is 0 Å². The van der Waals surface area contributed by atoms with Crippen molar-refractivity contribution in [2.45, 2.75) is 13.3 Å². The van der Waals surface area contributed by atoms with Crippen molar-refractivity contribution in [3.05, 3.63) is 83.9 Å². The highest BCUT2D eigenvalue weighted by Crippen LogP contribution is 2.22. The molecule has 0 saturated carbocycles. The first-order valence-corrected chi connectivity index (χ1v) is 6.72. The molecule has 0 unspecified atom stereocenters. The second-order valence-electron chi connectivity index (χ2n) is 4.93. The highest BCUT2D eigenvalue weighted by molar-refractivity contribution is 5.63. The summed E-state index contributed by atoms with van der Waals surface area (Å²) in [6.07, 6.45) is 6.21. The molecule has 1 heterocycles. The fraction of sp³-hybridized carbons (Fsp3) is 0.111. The van der Waals surface area contributed by atoms with Gasteiger partial charge in [0.05, 0.1) is 0 Å². The van der Waals surface area contributed by atoms with Gasteiger partial charge in [0.1, 0.15) is 6.33 Å². The minimum absolute atomic E-state index is 0.953. The lowest BCUT2D eigenvalue weighted by molar-refractivity contribution is 1.15. The molecule has 0 saturated heterocycles. The van der Waals surface area contributed by atoms with E-state index in [9.17, 15) is 0 Å². The van der Waals surface area contributed by atoms with E-state index in [2.05, 4.69) is 59.4 Å². The van der Waals surface area contributed by atoms with Gasteiger partial charge in [0.25, 0.3) is 0 Å². The van der Waals surface area contributed by atoms with Crippen molar-refractivity contribution in [3.63, 3.8) is 0 Å². The molecule has 0 spiro atoms. The number of nitrogens with zero attached hydrogens (tertiary/aromatic N) is 2. The van der Waals surface area contributed by atoms with Crippen molar-refractivity contribution in [1.29, 1.82) is 0 Å². The van der Waals surface area contributed by atoms with Crippen molar-refractivity contribution >= 4 is 0 Å². The minimum atomic E-state index is 0.953. The maximum atomic E-state index is 4.09. The summed E-state index contributed by atoms with van der Waals surface area (Å²) in [5, 5.41) is 0. The maximum Gasteiger partial charge on any atom is 0.115 e. The number of aromatic nitrogens is 2. The first-order chi connectivity index (χ1) is 9.83. The Balaban J connectivity index is 1.95. The molecule has 0 atom stereocenters. The average molecular weight is 260 g/mol. The Hall–Kier alpha value is -2.48. The van der Waals surface area contributed by atoms with Crippen LogP contribution in [0.2, 0.25) is 0 Å². The van der Waals surface area contributed by atoms with Crippen LogP contribution in [0, 0.1) is 6.92 Å². The Morgan fingerprint density at radius 1 is 0.850 bits per heavy atom. The number of hydrogen-bond donors (Lipinski definition) is 0. The first kappa shape index (κ1) is 12.5. The molecule has 20 heavy (non-hydrogen) atoms. The van der Waals surface area contributed by atoms with Crippen LogP contribution in [0.15, 0.2) is 67.3 Å². The van der Waals surface area contributed by atoms with Gasteiger partial charge in [-0.1, -0.05) is 48.5 Å². The molecule has 1 aromatic heterocycles. The Labute approximate surface area is 119 Å². The summed E-state index contributed by atoms with van der Waals surface area (Å²) in [6, 6.07) is 17.1. The van der Waals surface area contributed by atoms with Crippen molar-refractivity contribution in [2.24, 2.45) is 0 Å². The third-order valence-electron chi connectivity index (χ3n) is 3.48. The third-order valence-corrected chi connectivity index (χ3v) is 3.48. The first-order valence-electron chi connectivity index (χ1n) is 6.72. The molecule has 0 N–H and O–H groups in total. The standard InChI is InChI=1S/C18H16N2/c1-14-7-8-16(18-11-19-13-20-12-18)10-17(14)9-15-5-3-2-4-6-15/h2-8,10-13H,9H2,1H3. The fourth-order valence-corrected chi connectivity index (χ4v) is 2.31. The van der Waals surface area contributed by atoms with Gasteiger partial charge in [0, 0.05) is 18.0 Å². The number of aryl methyl sites for hydroxylation is 1. The minimum Gasteiger partial charge on any atom is -0.244 e. The van der Waals surface area contributed by atoms with E-state index in [1.165, 1.54) is 22.3 Å². The van der Waals surface area contributed by atoms with Crippen LogP contribution in [0.5, 0.6) is 0 Å². The van der Waals surface area contributed by atoms with Crippen molar-refractivity contribution in [3.8, 4) is 11.1 Å². The lowest BCUT2D eigenvalue weighted by Gasteiger charge is -2.09. The van der Waals surface area contributed by atoms with Crippen LogP contribution in [0.25, 0.3) is 11.1 Å². The lowest BCUT2D eigenvalue weighted by Crippen LogP contribution is -1.93. The summed E-state index contributed by atoms with van der Waals surface area (Å²) in [4.78, 5) is 8.17. The number of hydrogen-bond acceptors (Lipinski definition) is 2. The highest BCUT2D eigenvalue weighted by atomic mass is 14.8. The predicted molar refractivity (Wildman–Crippen MR) is 81.5 cm³/mol. The van der Waals surface area contributed by atoms with Gasteiger partial charge in [-0.2, -0.15) is 0 Å². The van der Waals surface area contributed by atoms with Crippen LogP contribution < -0.4 is 0 Å². The molecule has 98 valence electrons. The van der Waals surface area contributed by atoms with E-state index < -0.39 is 0 Å². The highest BCUT2D eigenvalue weighted by Gasteiger charge is 2.04. The van der Waals surface area contributed by atoms with Crippen molar-refractivity contribution in [2.75, 3.05) is 0 Å². The van der Waals surface area contributed by atoms with E-state index >= 15 is 0 Å². The van der Waals surface area contributed by atoms with Gasteiger partial charge in [-0.05, 0) is 35.6 Å². The Morgan fingerprint density at radius 3 is 2.35 bits per heavy atom. The van der Waals surface area contributed by atoms with Gasteiger partial charge >= 0.3 is 0 Å². The predicted octanol–water partition coefficient (Wildman–Crippen LogP) is 4.04. The molecule has 0 fully saturated rings. The summed E-state index contributed by atoms with van der Waals surface area (Å²) in [7, 11) is 0. The zero-order valence-electron chi connectivity index (χ0n) is 11.5. The Morgan fingerprint density at radius 2 is 1.60 bits per heavy atom. The molecule has 2 heteroatoms. The zero-order valence-corrected chi connectivity index (χ0v) is 11.5.